The summed E-state index contributed by atoms with van der Waals surface area (Å²) in [4.78, 5) is 57.3. The summed E-state index contributed by atoms with van der Waals surface area (Å²) < 4.78 is 46.4. The van der Waals surface area contributed by atoms with Crippen LogP contribution in [0.25, 0.3) is 22.0 Å². The summed E-state index contributed by atoms with van der Waals surface area (Å²) in [6, 6.07) is 19.3. The number of nitrogens with one attached hydrogen (secondary N) is 2. The zero-order valence-corrected chi connectivity index (χ0v) is 41.4. The summed E-state index contributed by atoms with van der Waals surface area (Å²) in [5, 5.41) is 20.7. The number of aliphatic hydroxyl groups excluding tert-OH is 1. The second kappa shape index (κ2) is 20.4. The van der Waals surface area contributed by atoms with Gasteiger partial charge in [-0.3, -0.25) is 29.3 Å². The Bertz CT molecular complexity index is 2910. The molecule has 1 saturated carbocycles. The second-order valence-corrected chi connectivity index (χ2v) is 20.6. The van der Waals surface area contributed by atoms with E-state index in [1.807, 2.05) is 55.1 Å². The first-order valence-corrected chi connectivity index (χ1v) is 25.6. The number of benzene rings is 4. The first kappa shape index (κ1) is 49.4. The number of carbonyl (C=O) groups excluding carboxylic acids is 4. The quantitative estimate of drug-likeness (QED) is 0.0877. The smallest absolute Gasteiger partial charge is 0.329 e. The number of piperidine rings is 1. The number of aliphatic hydroxyl groups is 1. The van der Waals surface area contributed by atoms with Crippen LogP contribution in [0.1, 0.15) is 97.2 Å². The third-order valence-corrected chi connectivity index (χ3v) is 16.3. The number of likely N-dealkylation sites (tertiary alicyclic amines) is 2. The predicted octanol–water partition coefficient (Wildman–Crippen LogP) is 7.36. The highest BCUT2D eigenvalue weighted by molar-refractivity contribution is 6.34. The molecule has 4 fully saturated rings. The Labute approximate surface area is 421 Å². The van der Waals surface area contributed by atoms with Crippen LogP contribution in [0.4, 0.5) is 19.4 Å². The van der Waals surface area contributed by atoms with Crippen molar-refractivity contribution in [3.8, 4) is 22.6 Å². The minimum absolute atomic E-state index is 0.0508. The number of aromatic nitrogens is 2. The molecule has 10 rings (SSSR count). The van der Waals surface area contributed by atoms with Crippen LogP contribution < -0.4 is 30.7 Å². The molecular weight excluding hydrogens is 946 g/mol. The molecule has 15 nitrogen and oxygen atoms in total. The molecule has 380 valence electrons. The number of fused-ring (bicyclic) bond motifs is 2. The second-order valence-electron chi connectivity index (χ2n) is 20.2. The van der Waals surface area contributed by atoms with Crippen LogP contribution in [0.5, 0.6) is 11.5 Å². The van der Waals surface area contributed by atoms with Crippen molar-refractivity contribution in [1.82, 2.24) is 30.2 Å². The Balaban J connectivity index is 0.746. The van der Waals surface area contributed by atoms with E-state index in [-0.39, 0.29) is 71.6 Å². The van der Waals surface area contributed by atoms with Crippen LogP contribution in [0.2, 0.25) is 5.02 Å². The number of aryl methyl sites for hydroxylation is 1. The summed E-state index contributed by atoms with van der Waals surface area (Å²) >= 11 is 6.73. The third kappa shape index (κ3) is 9.28. The van der Waals surface area contributed by atoms with E-state index in [1.165, 1.54) is 28.7 Å². The molecule has 0 spiro atoms. The van der Waals surface area contributed by atoms with Gasteiger partial charge in [0.05, 0.1) is 22.7 Å². The standard InChI is InChI=1S/C54H61ClF2N8O7/c1-31-45-43(27-40(56)48(55)47(45)46-39(50(58)68)14-15-42(49(46)57)71-25-24-66)72-54(31,36-6-4-3-5-7-36)30-59-37-11-8-33(9-12-37)52(69)64-21-16-32(17-22-64)28-63-20-18-35(29-63)34-10-13-38-41(26-34)62(2)61-51(38)65-23-19-44(67)60-53(65)70/h3-7,10,13-15,26-27,31-33,35,37,59,66H,8-9,11-12,16-25,28-30H2,1-2H3,(H2,58,68)(H,60,67,70). The number of hydrogen-bond donors (Lipinski definition) is 4. The SMILES string of the molecule is CC1c2c(cc(F)c(Cl)c2-c2c(C(N)=O)ccc(OCCO)c2F)OC1(CNC1CCC(C(=O)N2CCC(CN3CCC(c4ccc5c(N6CCC(=O)NC6=O)nn(C)c5c4)C3)CC2)CC1)c1ccccc1. The van der Waals surface area contributed by atoms with E-state index in [1.54, 1.807) is 0 Å². The molecule has 3 saturated heterocycles. The molecule has 5 aromatic rings. The molecule has 0 radical (unpaired) electrons. The maximum absolute atomic E-state index is 16.5. The van der Waals surface area contributed by atoms with E-state index in [9.17, 15) is 24.3 Å². The lowest BCUT2D eigenvalue weighted by Gasteiger charge is -2.39. The van der Waals surface area contributed by atoms with Gasteiger partial charge in [0.25, 0.3) is 0 Å². The van der Waals surface area contributed by atoms with Crippen LogP contribution in [-0.4, -0.2) is 114 Å². The molecule has 3 atom stereocenters. The van der Waals surface area contributed by atoms with E-state index in [0.717, 1.165) is 94.1 Å². The average molecular weight is 1010 g/mol. The van der Waals surface area contributed by atoms with Crippen molar-refractivity contribution in [1.29, 1.82) is 0 Å². The van der Waals surface area contributed by atoms with Gasteiger partial charge in [-0.15, -0.1) is 0 Å². The Morgan fingerprint density at radius 2 is 1.74 bits per heavy atom. The van der Waals surface area contributed by atoms with Gasteiger partial charge in [-0.05, 0) is 98.7 Å². The van der Waals surface area contributed by atoms with Crippen molar-refractivity contribution in [2.24, 2.45) is 24.6 Å². The Morgan fingerprint density at radius 1 is 0.972 bits per heavy atom. The molecule has 5 aliphatic rings. The molecule has 3 unspecified atom stereocenters. The van der Waals surface area contributed by atoms with Crippen LogP contribution in [0.15, 0.2) is 66.7 Å². The topological polar surface area (TPSA) is 185 Å². The van der Waals surface area contributed by atoms with E-state index in [4.69, 9.17) is 26.8 Å². The molecule has 1 aliphatic carbocycles. The summed E-state index contributed by atoms with van der Waals surface area (Å²) in [5.41, 5.74) is 7.53. The number of halogens is 3. The van der Waals surface area contributed by atoms with Gasteiger partial charge < -0.3 is 35.4 Å². The molecule has 5 N–H and O–H groups in total. The highest BCUT2D eigenvalue weighted by Gasteiger charge is 2.50. The lowest BCUT2D eigenvalue weighted by atomic mass is 9.77. The van der Waals surface area contributed by atoms with Gasteiger partial charge in [0.15, 0.2) is 23.0 Å². The Morgan fingerprint density at radius 3 is 2.46 bits per heavy atom. The number of carbonyl (C=O) groups is 4. The average Bonchev–Trinajstić information content (AvgIpc) is 4.07. The van der Waals surface area contributed by atoms with Gasteiger partial charge in [-0.1, -0.05) is 54.9 Å². The first-order valence-electron chi connectivity index (χ1n) is 25.2. The molecule has 5 heterocycles. The molecule has 5 amide bonds. The fourth-order valence-electron chi connectivity index (χ4n) is 12.0. The van der Waals surface area contributed by atoms with Crippen molar-refractivity contribution in [2.45, 2.75) is 81.8 Å². The minimum Gasteiger partial charge on any atom is -0.488 e. The van der Waals surface area contributed by atoms with Crippen molar-refractivity contribution in [2.75, 3.05) is 63.9 Å². The number of hydrogen-bond acceptors (Lipinski definition) is 10. The fraction of sp³-hybridized carbons (Fsp3) is 0.463. The lowest BCUT2D eigenvalue weighted by Crippen LogP contribution is -2.49. The van der Waals surface area contributed by atoms with Gasteiger partial charge in [0, 0.05) is 98.8 Å². The Hall–Kier alpha value is -6.14. The highest BCUT2D eigenvalue weighted by atomic mass is 35.5. The van der Waals surface area contributed by atoms with Crippen LogP contribution >= 0.6 is 11.6 Å². The van der Waals surface area contributed by atoms with E-state index in [0.29, 0.717) is 36.3 Å². The number of anilines is 1. The molecule has 1 aromatic heterocycles. The summed E-state index contributed by atoms with van der Waals surface area (Å²) in [5.74, 6) is -2.03. The fourth-order valence-corrected chi connectivity index (χ4v) is 12.3. The van der Waals surface area contributed by atoms with Crippen molar-refractivity contribution >= 4 is 52.1 Å². The highest BCUT2D eigenvalue weighted by Crippen LogP contribution is 2.56. The maximum atomic E-state index is 16.5. The number of rotatable bonds is 14. The molecule has 4 aromatic carbocycles. The van der Waals surface area contributed by atoms with Crippen molar-refractivity contribution < 1.29 is 42.5 Å². The molecule has 4 aliphatic heterocycles. The van der Waals surface area contributed by atoms with Crippen molar-refractivity contribution in [3.05, 3.63) is 106 Å². The number of ether oxygens (including phenoxy) is 2. The Kier molecular flexibility index (Phi) is 14.0. The minimum atomic E-state index is -1.10. The number of urea groups is 1. The number of nitrogens with zero attached hydrogens (tertiary/aromatic N) is 5. The normalized spacial score (nSPS) is 23.9. The zero-order chi connectivity index (χ0) is 50.4. The van der Waals surface area contributed by atoms with Crippen LogP contribution in [0, 0.1) is 23.5 Å². The predicted molar refractivity (Wildman–Crippen MR) is 268 cm³/mol. The number of nitrogens with two attached hydrogens (primary N) is 1. The van der Waals surface area contributed by atoms with Crippen LogP contribution in [-0.2, 0) is 22.2 Å². The lowest BCUT2D eigenvalue weighted by molar-refractivity contribution is -0.138. The molecule has 0 bridgehead atoms. The maximum Gasteiger partial charge on any atom is 0.329 e. The van der Waals surface area contributed by atoms with E-state index >= 15 is 8.78 Å². The van der Waals surface area contributed by atoms with Gasteiger partial charge >= 0.3 is 6.03 Å². The molecular formula is C54H61ClF2N8O7. The molecule has 18 heteroatoms. The summed E-state index contributed by atoms with van der Waals surface area (Å²) in [7, 11) is 1.88. The summed E-state index contributed by atoms with van der Waals surface area (Å²) in [6.45, 7) is 6.44. The third-order valence-electron chi connectivity index (χ3n) is 16.0. The number of imide groups is 1. The van der Waals surface area contributed by atoms with E-state index < -0.39 is 40.1 Å². The van der Waals surface area contributed by atoms with Gasteiger partial charge in [-0.25, -0.2) is 13.6 Å². The van der Waals surface area contributed by atoms with Crippen molar-refractivity contribution in [3.63, 3.8) is 0 Å². The van der Waals surface area contributed by atoms with E-state index in [2.05, 4.69) is 37.7 Å². The zero-order valence-electron chi connectivity index (χ0n) is 40.6. The molecule has 72 heavy (non-hydrogen) atoms. The van der Waals surface area contributed by atoms with Gasteiger partial charge in [0.1, 0.15) is 18.2 Å². The first-order chi connectivity index (χ1) is 34.7. The number of primary amides is 1. The van der Waals surface area contributed by atoms with Crippen LogP contribution in [0.3, 0.4) is 0 Å². The largest absolute Gasteiger partial charge is 0.488 e. The number of amides is 5. The monoisotopic (exact) mass is 1010 g/mol. The van der Waals surface area contributed by atoms with Gasteiger partial charge in [0.2, 0.25) is 17.7 Å². The van der Waals surface area contributed by atoms with Gasteiger partial charge in [-0.2, -0.15) is 5.10 Å². The summed E-state index contributed by atoms with van der Waals surface area (Å²) in [6.07, 6.45) is 6.30.